The van der Waals surface area contributed by atoms with Crippen molar-refractivity contribution in [3.63, 3.8) is 0 Å². The first kappa shape index (κ1) is 19.7. The Morgan fingerprint density at radius 1 is 1.19 bits per heavy atom. The summed E-state index contributed by atoms with van der Waals surface area (Å²) in [6, 6.07) is 14.2. The summed E-state index contributed by atoms with van der Waals surface area (Å²) in [6.45, 7) is 5.36. The number of amides is 2. The third kappa shape index (κ3) is 5.97. The molecule has 7 heteroatoms. The number of aryl methyl sites for hydroxylation is 2. The van der Waals surface area contributed by atoms with Crippen LogP contribution < -0.4 is 10.6 Å². The van der Waals surface area contributed by atoms with Gasteiger partial charge in [-0.3, -0.25) is 9.59 Å². The van der Waals surface area contributed by atoms with E-state index in [-0.39, 0.29) is 0 Å². The summed E-state index contributed by atoms with van der Waals surface area (Å²) in [7, 11) is 0. The topological polar surface area (TPSA) is 104 Å². The molecule has 2 N–H and O–H groups in total. The molecular formula is C20H20N4O3. The molecule has 0 aliphatic rings. The van der Waals surface area contributed by atoms with Crippen molar-refractivity contribution < 1.29 is 14.4 Å². The molecule has 0 aliphatic carbocycles. The molecule has 0 radical (unpaired) electrons. The SMILES string of the molecule is Cc1ccc(NC(=O)/C=N\O[C@@H](C)C(=O)Nc2cccc(C#N)c2)c(C)c1. The van der Waals surface area contributed by atoms with Gasteiger partial charge >= 0.3 is 0 Å². The molecule has 0 aliphatic heterocycles. The summed E-state index contributed by atoms with van der Waals surface area (Å²) in [5.41, 5.74) is 3.63. The lowest BCUT2D eigenvalue weighted by molar-refractivity contribution is -0.126. The van der Waals surface area contributed by atoms with Crippen molar-refractivity contribution in [3.05, 3.63) is 59.2 Å². The number of benzene rings is 2. The van der Waals surface area contributed by atoms with E-state index in [4.69, 9.17) is 10.1 Å². The Labute approximate surface area is 157 Å². The molecule has 138 valence electrons. The summed E-state index contributed by atoms with van der Waals surface area (Å²) in [5.74, 6) is -0.909. The summed E-state index contributed by atoms with van der Waals surface area (Å²) >= 11 is 0. The Bertz CT molecular complexity index is 916. The molecule has 0 fully saturated rings. The van der Waals surface area contributed by atoms with Gasteiger partial charge in [0.1, 0.15) is 6.21 Å². The lowest BCUT2D eigenvalue weighted by Crippen LogP contribution is -2.26. The van der Waals surface area contributed by atoms with Crippen molar-refractivity contribution in [1.29, 1.82) is 5.26 Å². The van der Waals surface area contributed by atoms with Gasteiger partial charge in [-0.1, -0.05) is 28.9 Å². The van der Waals surface area contributed by atoms with Gasteiger partial charge in [-0.2, -0.15) is 5.26 Å². The zero-order chi connectivity index (χ0) is 19.8. The summed E-state index contributed by atoms with van der Waals surface area (Å²) in [6.07, 6.45) is 0.0558. The number of nitriles is 1. The van der Waals surface area contributed by atoms with Crippen LogP contribution in [0.15, 0.2) is 47.6 Å². The average molecular weight is 364 g/mol. The van der Waals surface area contributed by atoms with E-state index in [1.54, 1.807) is 24.3 Å². The minimum absolute atomic E-state index is 0.433. The van der Waals surface area contributed by atoms with Gasteiger partial charge in [-0.15, -0.1) is 0 Å². The van der Waals surface area contributed by atoms with Gasteiger partial charge in [-0.25, -0.2) is 0 Å². The van der Waals surface area contributed by atoms with Gasteiger partial charge in [0.25, 0.3) is 11.8 Å². The Morgan fingerprint density at radius 2 is 1.96 bits per heavy atom. The highest BCUT2D eigenvalue weighted by Crippen LogP contribution is 2.15. The van der Waals surface area contributed by atoms with Crippen LogP contribution in [0.5, 0.6) is 0 Å². The smallest absolute Gasteiger partial charge is 0.270 e. The van der Waals surface area contributed by atoms with Crippen LogP contribution in [0.3, 0.4) is 0 Å². The van der Waals surface area contributed by atoms with Crippen LogP contribution in [0.4, 0.5) is 11.4 Å². The summed E-state index contributed by atoms with van der Waals surface area (Å²) < 4.78 is 0. The van der Waals surface area contributed by atoms with Gasteiger partial charge in [0.15, 0.2) is 0 Å². The second-order valence-electron chi connectivity index (χ2n) is 5.97. The van der Waals surface area contributed by atoms with Gasteiger partial charge in [0, 0.05) is 11.4 Å². The molecular weight excluding hydrogens is 344 g/mol. The normalized spacial score (nSPS) is 11.5. The molecule has 0 saturated heterocycles. The molecule has 0 unspecified atom stereocenters. The van der Waals surface area contributed by atoms with Crippen molar-refractivity contribution >= 4 is 29.4 Å². The number of oxime groups is 1. The molecule has 0 spiro atoms. The first-order valence-electron chi connectivity index (χ1n) is 8.27. The number of nitrogens with one attached hydrogen (secondary N) is 2. The van der Waals surface area contributed by atoms with Crippen LogP contribution in [-0.4, -0.2) is 24.1 Å². The van der Waals surface area contributed by atoms with Crippen LogP contribution in [-0.2, 0) is 14.4 Å². The molecule has 27 heavy (non-hydrogen) atoms. The highest BCUT2D eigenvalue weighted by molar-refractivity contribution is 6.31. The van der Waals surface area contributed by atoms with Crippen molar-refractivity contribution in [2.45, 2.75) is 26.9 Å². The maximum absolute atomic E-state index is 12.1. The monoisotopic (exact) mass is 364 g/mol. The van der Waals surface area contributed by atoms with Crippen molar-refractivity contribution in [3.8, 4) is 6.07 Å². The molecule has 1 atom stereocenters. The molecule has 7 nitrogen and oxygen atoms in total. The van der Waals surface area contributed by atoms with Crippen LogP contribution in [0.25, 0.3) is 0 Å². The first-order valence-corrected chi connectivity index (χ1v) is 8.27. The predicted molar refractivity (Wildman–Crippen MR) is 103 cm³/mol. The molecule has 0 heterocycles. The van der Waals surface area contributed by atoms with E-state index in [0.717, 1.165) is 17.3 Å². The molecule has 2 amide bonds. The number of hydrogen-bond donors (Lipinski definition) is 2. The highest BCUT2D eigenvalue weighted by Gasteiger charge is 2.14. The van der Waals surface area contributed by atoms with Crippen LogP contribution in [0.2, 0.25) is 0 Å². The lowest BCUT2D eigenvalue weighted by atomic mass is 10.1. The van der Waals surface area contributed by atoms with E-state index >= 15 is 0 Å². The van der Waals surface area contributed by atoms with Crippen LogP contribution in [0, 0.1) is 25.2 Å². The van der Waals surface area contributed by atoms with Crippen molar-refractivity contribution in [2.24, 2.45) is 5.16 Å². The van der Waals surface area contributed by atoms with E-state index in [2.05, 4.69) is 15.8 Å². The van der Waals surface area contributed by atoms with Gasteiger partial charge in [0.05, 0.1) is 11.6 Å². The second-order valence-corrected chi connectivity index (χ2v) is 5.97. The molecule has 2 rings (SSSR count). The van der Waals surface area contributed by atoms with Crippen LogP contribution in [0.1, 0.15) is 23.6 Å². The standard InChI is InChI=1S/C20H20N4O3/c1-13-7-8-18(14(2)9-13)24-19(25)12-22-27-15(3)20(26)23-17-6-4-5-16(10-17)11-21/h4-10,12,15H,1-3H3,(H,23,26)(H,24,25)/b22-12-/t15-/m0/s1. The minimum atomic E-state index is -0.916. The van der Waals surface area contributed by atoms with E-state index in [0.29, 0.717) is 16.9 Å². The Balaban J connectivity index is 1.86. The molecule has 2 aromatic rings. The number of hydrogen-bond acceptors (Lipinski definition) is 5. The number of rotatable bonds is 6. The molecule has 0 aromatic heterocycles. The molecule has 2 aromatic carbocycles. The first-order chi connectivity index (χ1) is 12.9. The average Bonchev–Trinajstić information content (AvgIpc) is 2.64. The molecule has 0 saturated carbocycles. The third-order valence-electron chi connectivity index (χ3n) is 3.66. The predicted octanol–water partition coefficient (Wildman–Crippen LogP) is 3.14. The highest BCUT2D eigenvalue weighted by atomic mass is 16.6. The van der Waals surface area contributed by atoms with E-state index < -0.39 is 17.9 Å². The largest absolute Gasteiger partial charge is 0.383 e. The van der Waals surface area contributed by atoms with Crippen LogP contribution >= 0.6 is 0 Å². The van der Waals surface area contributed by atoms with E-state index in [1.165, 1.54) is 6.92 Å². The van der Waals surface area contributed by atoms with Gasteiger partial charge < -0.3 is 15.5 Å². The summed E-state index contributed by atoms with van der Waals surface area (Å²) in [5, 5.41) is 17.7. The Hall–Kier alpha value is -3.66. The second kappa shape index (κ2) is 9.15. The zero-order valence-corrected chi connectivity index (χ0v) is 15.3. The van der Waals surface area contributed by atoms with Gasteiger partial charge in [-0.05, 0) is 50.6 Å². The number of carbonyl (C=O) groups excluding carboxylic acids is 2. The fraction of sp³-hybridized carbons (Fsp3) is 0.200. The maximum atomic E-state index is 12.1. The Morgan fingerprint density at radius 3 is 2.67 bits per heavy atom. The van der Waals surface area contributed by atoms with Crippen molar-refractivity contribution in [2.75, 3.05) is 10.6 Å². The maximum Gasteiger partial charge on any atom is 0.270 e. The number of nitrogens with zero attached hydrogens (tertiary/aromatic N) is 2. The Kier molecular flexibility index (Phi) is 6.67. The van der Waals surface area contributed by atoms with Gasteiger partial charge in [0.2, 0.25) is 6.10 Å². The third-order valence-corrected chi connectivity index (χ3v) is 3.66. The quantitative estimate of drug-likeness (QED) is 0.607. The van der Waals surface area contributed by atoms with E-state index in [9.17, 15) is 9.59 Å². The number of carbonyl (C=O) groups is 2. The lowest BCUT2D eigenvalue weighted by Gasteiger charge is -2.10. The minimum Gasteiger partial charge on any atom is -0.383 e. The number of anilines is 2. The van der Waals surface area contributed by atoms with Crippen molar-refractivity contribution in [1.82, 2.24) is 0 Å². The molecule has 0 bridgehead atoms. The zero-order valence-electron chi connectivity index (χ0n) is 15.3. The summed E-state index contributed by atoms with van der Waals surface area (Å²) in [4.78, 5) is 29.0. The fourth-order valence-corrected chi connectivity index (χ4v) is 2.25. The fourth-order valence-electron chi connectivity index (χ4n) is 2.25. The van der Waals surface area contributed by atoms with E-state index in [1.807, 2.05) is 38.1 Å².